The molecule has 0 bridgehead atoms. The first-order chi connectivity index (χ1) is 5.65. The fourth-order valence-electron chi connectivity index (χ4n) is 0.716. The van der Waals surface area contributed by atoms with Gasteiger partial charge in [-0.3, -0.25) is 3.97 Å². The number of rotatable bonds is 1. The molecule has 0 saturated carbocycles. The molecule has 0 amide bonds. The summed E-state index contributed by atoms with van der Waals surface area (Å²) in [6, 6.07) is 3.13. The summed E-state index contributed by atoms with van der Waals surface area (Å²) in [6.07, 6.45) is 1.59. The Balaban J connectivity index is 3.13. The van der Waals surface area contributed by atoms with Gasteiger partial charge in [0.1, 0.15) is 4.64 Å². The predicted molar refractivity (Wildman–Crippen MR) is 51.0 cm³/mol. The molecule has 1 rings (SSSR count). The van der Waals surface area contributed by atoms with Crippen LogP contribution in [-0.4, -0.2) is 17.1 Å². The average Bonchev–Trinajstić information content (AvgIpc) is 2.08. The van der Waals surface area contributed by atoms with Crippen LogP contribution in [0.25, 0.3) is 0 Å². The van der Waals surface area contributed by atoms with Crippen LogP contribution in [0.15, 0.2) is 18.3 Å². The molecule has 0 fully saturated rings. The molecule has 0 aromatic carbocycles. The van der Waals surface area contributed by atoms with Crippen molar-refractivity contribution in [1.82, 2.24) is 3.97 Å². The van der Waals surface area contributed by atoms with Crippen LogP contribution in [0.3, 0.4) is 0 Å². The average molecular weight is 201 g/mol. The SMILES string of the molecule is COC(=O)c1ccn(S)c(=S)c1. The van der Waals surface area contributed by atoms with Crippen LogP contribution in [0.2, 0.25) is 0 Å². The zero-order valence-electron chi connectivity index (χ0n) is 6.35. The standard InChI is InChI=1S/C7H7NO2S2/c1-10-7(9)5-2-3-8(12)6(11)4-5/h2-4,12H,1H3. The fourth-order valence-corrected chi connectivity index (χ4v) is 1.03. The van der Waals surface area contributed by atoms with Crippen LogP contribution in [0, 0.1) is 4.64 Å². The molecule has 0 aliphatic heterocycles. The minimum absolute atomic E-state index is 0.393. The molecule has 64 valence electrons. The summed E-state index contributed by atoms with van der Waals surface area (Å²) in [5.41, 5.74) is 0.438. The third-order valence-corrected chi connectivity index (χ3v) is 2.12. The van der Waals surface area contributed by atoms with Crippen LogP contribution in [-0.2, 0) is 4.74 Å². The molecule has 1 heterocycles. The van der Waals surface area contributed by atoms with Crippen molar-refractivity contribution in [3.8, 4) is 0 Å². The maximum absolute atomic E-state index is 11.0. The van der Waals surface area contributed by atoms with Crippen LogP contribution in [0.1, 0.15) is 10.4 Å². The number of esters is 1. The van der Waals surface area contributed by atoms with Crippen molar-refractivity contribution < 1.29 is 9.53 Å². The molecule has 0 N–H and O–H groups in total. The van der Waals surface area contributed by atoms with Crippen molar-refractivity contribution in [2.75, 3.05) is 7.11 Å². The van der Waals surface area contributed by atoms with Gasteiger partial charge in [0.25, 0.3) is 0 Å². The monoisotopic (exact) mass is 201 g/mol. The lowest BCUT2D eigenvalue weighted by Gasteiger charge is -2.00. The van der Waals surface area contributed by atoms with Gasteiger partial charge in [0.2, 0.25) is 0 Å². The maximum Gasteiger partial charge on any atom is 0.338 e. The molecule has 0 atom stereocenters. The summed E-state index contributed by atoms with van der Waals surface area (Å²) in [4.78, 5) is 11.0. The van der Waals surface area contributed by atoms with Gasteiger partial charge in [-0.1, -0.05) is 25.0 Å². The van der Waals surface area contributed by atoms with E-state index >= 15 is 0 Å². The quantitative estimate of drug-likeness (QED) is 0.426. The number of thiol groups is 1. The zero-order chi connectivity index (χ0) is 9.14. The second-order valence-electron chi connectivity index (χ2n) is 2.09. The Hall–Kier alpha value is -0.810. The lowest BCUT2D eigenvalue weighted by Crippen LogP contribution is -2.01. The molecule has 5 heteroatoms. The van der Waals surface area contributed by atoms with Crippen molar-refractivity contribution in [2.45, 2.75) is 0 Å². The van der Waals surface area contributed by atoms with E-state index in [1.165, 1.54) is 17.1 Å². The first kappa shape index (κ1) is 9.28. The number of nitrogens with zero attached hydrogens (tertiary/aromatic N) is 1. The summed E-state index contributed by atoms with van der Waals surface area (Å²) in [7, 11) is 1.33. The van der Waals surface area contributed by atoms with E-state index in [0.717, 1.165) is 0 Å². The van der Waals surface area contributed by atoms with Crippen LogP contribution < -0.4 is 0 Å². The maximum atomic E-state index is 11.0. The number of ether oxygens (including phenoxy) is 1. The number of hydrogen-bond donors (Lipinski definition) is 1. The molecule has 0 spiro atoms. The number of hydrogen-bond acceptors (Lipinski definition) is 4. The third-order valence-electron chi connectivity index (χ3n) is 1.32. The van der Waals surface area contributed by atoms with E-state index < -0.39 is 5.97 Å². The van der Waals surface area contributed by atoms with Gasteiger partial charge >= 0.3 is 5.97 Å². The topological polar surface area (TPSA) is 31.2 Å². The van der Waals surface area contributed by atoms with E-state index in [2.05, 4.69) is 17.6 Å². The third kappa shape index (κ3) is 1.86. The molecule has 0 aliphatic rings. The molecule has 0 aliphatic carbocycles. The van der Waals surface area contributed by atoms with Gasteiger partial charge in [-0.25, -0.2) is 4.79 Å². The molecule has 0 saturated heterocycles. The van der Waals surface area contributed by atoms with Crippen LogP contribution in [0.5, 0.6) is 0 Å². The Kier molecular flexibility index (Phi) is 2.88. The molecule has 12 heavy (non-hydrogen) atoms. The molecule has 3 nitrogen and oxygen atoms in total. The van der Waals surface area contributed by atoms with Crippen molar-refractivity contribution in [3.63, 3.8) is 0 Å². The van der Waals surface area contributed by atoms with Gasteiger partial charge in [-0.15, -0.1) is 0 Å². The number of carbonyl (C=O) groups excluding carboxylic acids is 1. The molecule has 1 aromatic heterocycles. The fraction of sp³-hybridized carbons (Fsp3) is 0.143. The van der Waals surface area contributed by atoms with Gasteiger partial charge in [0.05, 0.1) is 12.7 Å². The smallest absolute Gasteiger partial charge is 0.338 e. The first-order valence-electron chi connectivity index (χ1n) is 3.15. The first-order valence-corrected chi connectivity index (χ1v) is 3.96. The highest BCUT2D eigenvalue weighted by atomic mass is 32.1. The summed E-state index contributed by atoms with van der Waals surface area (Å²) in [5, 5.41) is 0. The van der Waals surface area contributed by atoms with E-state index in [1.54, 1.807) is 12.3 Å². The van der Waals surface area contributed by atoms with E-state index in [4.69, 9.17) is 12.2 Å². The number of methoxy groups -OCH3 is 1. The van der Waals surface area contributed by atoms with Crippen molar-refractivity contribution >= 4 is 31.0 Å². The lowest BCUT2D eigenvalue weighted by molar-refractivity contribution is 0.0600. The second kappa shape index (κ2) is 3.73. The van der Waals surface area contributed by atoms with Crippen molar-refractivity contribution in [1.29, 1.82) is 0 Å². The van der Waals surface area contributed by atoms with E-state index in [0.29, 0.717) is 10.2 Å². The predicted octanol–water partition coefficient (Wildman–Crippen LogP) is 1.70. The largest absolute Gasteiger partial charge is 0.465 e. The Bertz CT molecular complexity index is 359. The highest BCUT2D eigenvalue weighted by Gasteiger charge is 2.03. The van der Waals surface area contributed by atoms with Gasteiger partial charge in [0, 0.05) is 6.20 Å². The molecular formula is C7H7NO2S2. The normalized spacial score (nSPS) is 9.50. The Labute approximate surface area is 80.5 Å². The minimum atomic E-state index is -0.393. The van der Waals surface area contributed by atoms with E-state index in [9.17, 15) is 4.79 Å². The van der Waals surface area contributed by atoms with Gasteiger partial charge < -0.3 is 4.74 Å². The lowest BCUT2D eigenvalue weighted by atomic mass is 10.3. The Morgan fingerprint density at radius 3 is 2.92 bits per heavy atom. The second-order valence-corrected chi connectivity index (χ2v) is 2.94. The van der Waals surface area contributed by atoms with Crippen LogP contribution in [0.4, 0.5) is 0 Å². The number of aromatic nitrogens is 1. The van der Waals surface area contributed by atoms with Crippen LogP contribution >= 0.6 is 25.0 Å². The Morgan fingerprint density at radius 1 is 1.75 bits per heavy atom. The molecule has 0 unspecified atom stereocenters. The van der Waals surface area contributed by atoms with Gasteiger partial charge in [0.15, 0.2) is 0 Å². The highest BCUT2D eigenvalue weighted by Crippen LogP contribution is 2.03. The summed E-state index contributed by atoms with van der Waals surface area (Å²) in [6.45, 7) is 0. The van der Waals surface area contributed by atoms with Crippen molar-refractivity contribution in [2.24, 2.45) is 0 Å². The zero-order valence-corrected chi connectivity index (χ0v) is 8.06. The van der Waals surface area contributed by atoms with E-state index in [1.807, 2.05) is 0 Å². The molecular weight excluding hydrogens is 194 g/mol. The summed E-state index contributed by atoms with van der Waals surface area (Å²) in [5.74, 6) is -0.393. The van der Waals surface area contributed by atoms with Gasteiger partial charge in [-0.05, 0) is 12.1 Å². The van der Waals surface area contributed by atoms with Gasteiger partial charge in [-0.2, -0.15) is 0 Å². The van der Waals surface area contributed by atoms with E-state index in [-0.39, 0.29) is 0 Å². The number of pyridine rings is 1. The summed E-state index contributed by atoms with van der Waals surface area (Å²) >= 11 is 8.89. The number of carbonyl (C=O) groups is 1. The van der Waals surface area contributed by atoms with Crippen molar-refractivity contribution in [3.05, 3.63) is 28.5 Å². The highest BCUT2D eigenvalue weighted by molar-refractivity contribution is 7.79. The molecule has 1 aromatic rings. The molecule has 0 radical (unpaired) electrons. The Morgan fingerprint density at radius 2 is 2.42 bits per heavy atom. The minimum Gasteiger partial charge on any atom is -0.465 e. The summed E-state index contributed by atoms with van der Waals surface area (Å²) < 4.78 is 6.43.